The molecule has 10 heteroatoms. The maximum atomic E-state index is 13.3. The average Bonchev–Trinajstić information content (AvgIpc) is 2.81. The number of nitrogens with zero attached hydrogens (tertiary/aromatic N) is 2. The number of carbonyl (C=O) groups excluding carboxylic acids is 2. The number of carbonyl (C=O) groups is 2. The highest BCUT2D eigenvalue weighted by Gasteiger charge is 2.27. The second kappa shape index (κ2) is 13.7. The number of anilines is 1. The van der Waals surface area contributed by atoms with Crippen molar-refractivity contribution in [2.45, 2.75) is 52.1 Å². The summed E-state index contributed by atoms with van der Waals surface area (Å²) in [6.07, 6.45) is 3.26. The first-order chi connectivity index (χ1) is 16.5. The van der Waals surface area contributed by atoms with Gasteiger partial charge in [-0.15, -0.1) is 0 Å². The molecule has 0 heterocycles. The second-order valence-corrected chi connectivity index (χ2v) is 11.1. The minimum Gasteiger partial charge on any atom is -0.354 e. The van der Waals surface area contributed by atoms with Crippen LogP contribution in [0.5, 0.6) is 0 Å². The van der Waals surface area contributed by atoms with Crippen LogP contribution in [0, 0.1) is 0 Å². The molecule has 0 radical (unpaired) electrons. The van der Waals surface area contributed by atoms with E-state index >= 15 is 0 Å². The molecule has 35 heavy (non-hydrogen) atoms. The average molecular weight is 543 g/mol. The van der Waals surface area contributed by atoms with Gasteiger partial charge in [0, 0.05) is 36.1 Å². The summed E-state index contributed by atoms with van der Waals surface area (Å²) >= 11 is 12.2. The lowest BCUT2D eigenvalue weighted by Gasteiger charge is -2.29. The molecule has 2 aromatic rings. The molecule has 0 saturated heterocycles. The molecule has 7 nitrogen and oxygen atoms in total. The Morgan fingerprint density at radius 3 is 2.29 bits per heavy atom. The Morgan fingerprint density at radius 2 is 1.69 bits per heavy atom. The molecule has 1 N–H and O–H groups in total. The Morgan fingerprint density at radius 1 is 1.03 bits per heavy atom. The van der Waals surface area contributed by atoms with Crippen molar-refractivity contribution in [3.05, 3.63) is 64.1 Å². The van der Waals surface area contributed by atoms with Crippen molar-refractivity contribution in [3.8, 4) is 0 Å². The lowest BCUT2D eigenvalue weighted by Crippen LogP contribution is -2.48. The van der Waals surface area contributed by atoms with E-state index in [4.69, 9.17) is 23.2 Å². The van der Waals surface area contributed by atoms with Crippen LogP contribution in [-0.2, 0) is 26.2 Å². The van der Waals surface area contributed by atoms with Gasteiger partial charge in [0.05, 0.1) is 11.9 Å². The van der Waals surface area contributed by atoms with Crippen molar-refractivity contribution >= 4 is 50.7 Å². The maximum absolute atomic E-state index is 13.3. The molecular weight excluding hydrogens is 509 g/mol. The van der Waals surface area contributed by atoms with Gasteiger partial charge in [0.1, 0.15) is 6.04 Å². The SMILES string of the molecule is CCCCNC(=O)[C@H](C)N(Cc1ccccc1Cl)C(=O)CCCN(c1ccc(Cl)cc1)S(C)(=O)=O. The summed E-state index contributed by atoms with van der Waals surface area (Å²) in [5, 5.41) is 3.88. The predicted octanol–water partition coefficient (Wildman–Crippen LogP) is 4.87. The summed E-state index contributed by atoms with van der Waals surface area (Å²) in [7, 11) is -3.56. The van der Waals surface area contributed by atoms with Crippen LogP contribution < -0.4 is 9.62 Å². The van der Waals surface area contributed by atoms with Crippen molar-refractivity contribution in [3.63, 3.8) is 0 Å². The van der Waals surface area contributed by atoms with Gasteiger partial charge in [0.15, 0.2) is 0 Å². The van der Waals surface area contributed by atoms with Gasteiger partial charge >= 0.3 is 0 Å². The fourth-order valence-corrected chi connectivity index (χ4v) is 4.83. The fraction of sp³-hybridized carbons (Fsp3) is 0.440. The van der Waals surface area contributed by atoms with Crippen molar-refractivity contribution in [1.29, 1.82) is 0 Å². The Balaban J connectivity index is 2.14. The molecule has 0 aliphatic heterocycles. The van der Waals surface area contributed by atoms with E-state index in [9.17, 15) is 18.0 Å². The Kier molecular flexibility index (Phi) is 11.3. The van der Waals surface area contributed by atoms with E-state index in [1.165, 1.54) is 9.21 Å². The number of hydrogen-bond donors (Lipinski definition) is 1. The fourth-order valence-electron chi connectivity index (χ4n) is 3.54. The van der Waals surface area contributed by atoms with E-state index in [1.54, 1.807) is 43.3 Å². The lowest BCUT2D eigenvalue weighted by molar-refractivity contribution is -0.140. The molecule has 192 valence electrons. The molecule has 1 atom stereocenters. The van der Waals surface area contributed by atoms with Crippen LogP contribution in [0.1, 0.15) is 45.1 Å². The number of nitrogens with one attached hydrogen (secondary N) is 1. The van der Waals surface area contributed by atoms with Crippen LogP contribution in [0.3, 0.4) is 0 Å². The molecule has 0 fully saturated rings. The Bertz CT molecular complexity index is 1090. The van der Waals surface area contributed by atoms with Crippen LogP contribution in [-0.4, -0.2) is 50.5 Å². The van der Waals surface area contributed by atoms with Gasteiger partial charge in [-0.1, -0.05) is 54.7 Å². The predicted molar refractivity (Wildman–Crippen MR) is 142 cm³/mol. The van der Waals surface area contributed by atoms with Gasteiger partial charge in [-0.05, 0) is 55.7 Å². The summed E-state index contributed by atoms with van der Waals surface area (Å²) in [5.41, 5.74) is 1.20. The van der Waals surface area contributed by atoms with Crippen molar-refractivity contribution in [2.75, 3.05) is 23.7 Å². The standard InChI is InChI=1S/C25H33Cl2N3O4S/c1-4-5-16-28-25(32)19(2)29(18-20-9-6-7-10-23(20)27)24(31)11-8-17-30(35(3,33)34)22-14-12-21(26)13-15-22/h6-7,9-10,12-15,19H,4-5,8,11,16-18H2,1-3H3,(H,28,32)/t19-/m0/s1. The number of halogens is 2. The van der Waals surface area contributed by atoms with E-state index < -0.39 is 16.1 Å². The van der Waals surface area contributed by atoms with Crippen LogP contribution in [0.15, 0.2) is 48.5 Å². The third kappa shape index (κ3) is 9.02. The molecule has 0 aliphatic carbocycles. The van der Waals surface area contributed by atoms with E-state index in [2.05, 4.69) is 5.32 Å². The minimum absolute atomic E-state index is 0.0661. The van der Waals surface area contributed by atoms with Gasteiger partial charge in [0.25, 0.3) is 0 Å². The van der Waals surface area contributed by atoms with Crippen LogP contribution in [0.2, 0.25) is 10.0 Å². The van der Waals surface area contributed by atoms with E-state index in [1.807, 2.05) is 19.1 Å². The second-order valence-electron chi connectivity index (χ2n) is 8.35. The van der Waals surface area contributed by atoms with E-state index in [-0.39, 0.29) is 37.7 Å². The van der Waals surface area contributed by atoms with Gasteiger partial charge in [-0.2, -0.15) is 0 Å². The van der Waals surface area contributed by atoms with Gasteiger partial charge in [-0.3, -0.25) is 13.9 Å². The topological polar surface area (TPSA) is 86.8 Å². The maximum Gasteiger partial charge on any atom is 0.242 e. The van der Waals surface area contributed by atoms with Crippen LogP contribution in [0.4, 0.5) is 5.69 Å². The Labute approximate surface area is 218 Å². The minimum atomic E-state index is -3.56. The van der Waals surface area contributed by atoms with Crippen molar-refractivity contribution in [1.82, 2.24) is 10.2 Å². The third-order valence-electron chi connectivity index (χ3n) is 5.56. The third-order valence-corrected chi connectivity index (χ3v) is 7.38. The zero-order valence-electron chi connectivity index (χ0n) is 20.3. The molecule has 0 aromatic heterocycles. The molecular formula is C25H33Cl2N3O4S. The highest BCUT2D eigenvalue weighted by atomic mass is 35.5. The smallest absolute Gasteiger partial charge is 0.242 e. The number of benzene rings is 2. The Hall–Kier alpha value is -2.29. The molecule has 0 spiro atoms. The first kappa shape index (κ1) is 28.9. The number of sulfonamides is 1. The molecule has 2 aromatic carbocycles. The van der Waals surface area contributed by atoms with Crippen molar-refractivity contribution in [2.24, 2.45) is 0 Å². The highest BCUT2D eigenvalue weighted by Crippen LogP contribution is 2.22. The summed E-state index contributed by atoms with van der Waals surface area (Å²) in [6, 6.07) is 12.9. The summed E-state index contributed by atoms with van der Waals surface area (Å²) < 4.78 is 26.0. The number of amides is 2. The van der Waals surface area contributed by atoms with E-state index in [0.717, 1.165) is 24.7 Å². The molecule has 0 bridgehead atoms. The van der Waals surface area contributed by atoms with Crippen LogP contribution >= 0.6 is 23.2 Å². The summed E-state index contributed by atoms with van der Waals surface area (Å²) in [4.78, 5) is 27.5. The highest BCUT2D eigenvalue weighted by molar-refractivity contribution is 7.92. The van der Waals surface area contributed by atoms with Gasteiger partial charge < -0.3 is 10.2 Å². The summed E-state index contributed by atoms with van der Waals surface area (Å²) in [5.74, 6) is -0.495. The number of unbranched alkanes of at least 4 members (excludes halogenated alkanes) is 1. The summed E-state index contributed by atoms with van der Waals surface area (Å²) in [6.45, 7) is 4.55. The van der Waals surface area contributed by atoms with Gasteiger partial charge in [0.2, 0.25) is 21.8 Å². The zero-order chi connectivity index (χ0) is 26.0. The molecule has 0 saturated carbocycles. The molecule has 2 rings (SSSR count). The monoisotopic (exact) mass is 541 g/mol. The first-order valence-corrected chi connectivity index (χ1v) is 14.2. The largest absolute Gasteiger partial charge is 0.354 e. The number of rotatable bonds is 13. The molecule has 0 aliphatic rings. The molecule has 2 amide bonds. The quantitative estimate of drug-likeness (QED) is 0.366. The van der Waals surface area contributed by atoms with E-state index in [0.29, 0.717) is 22.3 Å². The molecule has 0 unspecified atom stereocenters. The van der Waals surface area contributed by atoms with Crippen LogP contribution in [0.25, 0.3) is 0 Å². The first-order valence-electron chi connectivity index (χ1n) is 11.6. The zero-order valence-corrected chi connectivity index (χ0v) is 22.7. The van der Waals surface area contributed by atoms with Gasteiger partial charge in [-0.25, -0.2) is 8.42 Å². The van der Waals surface area contributed by atoms with Crippen molar-refractivity contribution < 1.29 is 18.0 Å². The lowest BCUT2D eigenvalue weighted by atomic mass is 10.1. The number of hydrogen-bond acceptors (Lipinski definition) is 4. The normalized spacial score (nSPS) is 12.1.